The summed E-state index contributed by atoms with van der Waals surface area (Å²) in [4.78, 5) is 13.2. The zero-order valence-electron chi connectivity index (χ0n) is 13.5. The maximum atomic E-state index is 12.2. The van der Waals surface area contributed by atoms with E-state index in [0.717, 1.165) is 4.88 Å². The van der Waals surface area contributed by atoms with Gasteiger partial charge in [0, 0.05) is 4.88 Å². The predicted molar refractivity (Wildman–Crippen MR) is 93.9 cm³/mol. The van der Waals surface area contributed by atoms with Gasteiger partial charge in [0.05, 0.1) is 20.3 Å². The second kappa shape index (κ2) is 8.75. The first-order valence-electron chi connectivity index (χ1n) is 7.41. The van der Waals surface area contributed by atoms with Gasteiger partial charge in [0.1, 0.15) is 11.6 Å². The van der Waals surface area contributed by atoms with Gasteiger partial charge >= 0.3 is 0 Å². The molecule has 0 atom stereocenters. The quantitative estimate of drug-likeness (QED) is 0.618. The molecular formula is C18H18N2O3S. The number of thiophene rings is 1. The minimum absolute atomic E-state index is 0.0409. The molecule has 0 saturated heterocycles. The zero-order chi connectivity index (χ0) is 17.4. The highest BCUT2D eigenvalue weighted by Crippen LogP contribution is 2.28. The molecule has 1 aromatic carbocycles. The van der Waals surface area contributed by atoms with Crippen LogP contribution in [0.1, 0.15) is 17.4 Å². The summed E-state index contributed by atoms with van der Waals surface area (Å²) >= 11 is 1.55. The Morgan fingerprint density at radius 1 is 1.38 bits per heavy atom. The molecule has 0 aliphatic carbocycles. The standard InChI is InChI=1S/C18H18N2O3S/c1-3-23-17-10-13(6-7-16(17)22-2)9-14(11-19)18(21)20-12-15-5-4-8-24-15/h4-10H,3,12H2,1-2H3,(H,20,21)/b14-9+. The Labute approximate surface area is 145 Å². The Morgan fingerprint density at radius 2 is 2.21 bits per heavy atom. The number of benzene rings is 1. The largest absolute Gasteiger partial charge is 0.493 e. The maximum Gasteiger partial charge on any atom is 0.262 e. The van der Waals surface area contributed by atoms with Crippen molar-refractivity contribution in [2.24, 2.45) is 0 Å². The van der Waals surface area contributed by atoms with E-state index < -0.39 is 5.91 Å². The molecule has 0 saturated carbocycles. The van der Waals surface area contributed by atoms with E-state index in [-0.39, 0.29) is 5.57 Å². The highest BCUT2D eigenvalue weighted by Gasteiger charge is 2.10. The molecule has 0 spiro atoms. The first-order valence-corrected chi connectivity index (χ1v) is 8.29. The number of methoxy groups -OCH3 is 1. The number of nitriles is 1. The third-order valence-electron chi connectivity index (χ3n) is 3.17. The predicted octanol–water partition coefficient (Wildman–Crippen LogP) is 3.38. The molecular weight excluding hydrogens is 324 g/mol. The molecule has 5 nitrogen and oxygen atoms in total. The van der Waals surface area contributed by atoms with Gasteiger partial charge in [-0.15, -0.1) is 11.3 Å². The second-order valence-electron chi connectivity index (χ2n) is 4.78. The van der Waals surface area contributed by atoms with Crippen LogP contribution < -0.4 is 14.8 Å². The Balaban J connectivity index is 2.15. The number of nitrogens with one attached hydrogen (secondary N) is 1. The topological polar surface area (TPSA) is 71.3 Å². The van der Waals surface area contributed by atoms with E-state index in [9.17, 15) is 10.1 Å². The van der Waals surface area contributed by atoms with E-state index in [1.807, 2.05) is 30.5 Å². The van der Waals surface area contributed by atoms with Crippen LogP contribution in [0.3, 0.4) is 0 Å². The fourth-order valence-corrected chi connectivity index (χ4v) is 2.69. The van der Waals surface area contributed by atoms with Crippen LogP contribution in [0.2, 0.25) is 0 Å². The van der Waals surface area contributed by atoms with Gasteiger partial charge in [-0.2, -0.15) is 5.26 Å². The van der Waals surface area contributed by atoms with E-state index in [1.165, 1.54) is 6.08 Å². The lowest BCUT2D eigenvalue weighted by atomic mass is 10.1. The summed E-state index contributed by atoms with van der Waals surface area (Å²) in [6, 6.07) is 11.0. The van der Waals surface area contributed by atoms with E-state index in [0.29, 0.717) is 30.2 Å². The highest BCUT2D eigenvalue weighted by molar-refractivity contribution is 7.09. The molecule has 0 fully saturated rings. The summed E-state index contributed by atoms with van der Waals surface area (Å²) in [6.07, 6.45) is 1.53. The van der Waals surface area contributed by atoms with E-state index in [2.05, 4.69) is 5.32 Å². The van der Waals surface area contributed by atoms with Crippen molar-refractivity contribution in [3.05, 3.63) is 51.7 Å². The van der Waals surface area contributed by atoms with Crippen molar-refractivity contribution in [3.8, 4) is 17.6 Å². The zero-order valence-corrected chi connectivity index (χ0v) is 14.4. The fraction of sp³-hybridized carbons (Fsp3) is 0.222. The molecule has 2 rings (SSSR count). The number of hydrogen-bond donors (Lipinski definition) is 1. The van der Waals surface area contributed by atoms with Gasteiger partial charge in [-0.25, -0.2) is 0 Å². The monoisotopic (exact) mass is 342 g/mol. The van der Waals surface area contributed by atoms with Crippen molar-refractivity contribution < 1.29 is 14.3 Å². The Bertz CT molecular complexity index is 761. The summed E-state index contributed by atoms with van der Waals surface area (Å²) in [5.74, 6) is 0.777. The molecule has 24 heavy (non-hydrogen) atoms. The number of ether oxygens (including phenoxy) is 2. The number of rotatable bonds is 7. The summed E-state index contributed by atoms with van der Waals surface area (Å²) < 4.78 is 10.7. The van der Waals surface area contributed by atoms with Gasteiger partial charge in [-0.1, -0.05) is 12.1 Å². The number of carbonyl (C=O) groups excluding carboxylic acids is 1. The summed E-state index contributed by atoms with van der Waals surface area (Å²) in [5.41, 5.74) is 0.737. The molecule has 124 valence electrons. The third kappa shape index (κ3) is 4.61. The molecule has 6 heteroatoms. The molecule has 1 aromatic heterocycles. The van der Waals surface area contributed by atoms with Crippen LogP contribution in [0.5, 0.6) is 11.5 Å². The number of amides is 1. The average Bonchev–Trinajstić information content (AvgIpc) is 3.11. The molecule has 1 N–H and O–H groups in total. The van der Waals surface area contributed by atoms with Crippen molar-refractivity contribution in [1.29, 1.82) is 5.26 Å². The Hall–Kier alpha value is -2.78. The maximum absolute atomic E-state index is 12.2. The van der Waals surface area contributed by atoms with Crippen molar-refractivity contribution in [1.82, 2.24) is 5.32 Å². The fourth-order valence-electron chi connectivity index (χ4n) is 2.04. The lowest BCUT2D eigenvalue weighted by Crippen LogP contribution is -2.23. The molecule has 2 aromatic rings. The molecule has 0 bridgehead atoms. The second-order valence-corrected chi connectivity index (χ2v) is 5.81. The van der Waals surface area contributed by atoms with Gasteiger partial charge in [-0.3, -0.25) is 4.79 Å². The van der Waals surface area contributed by atoms with Gasteiger partial charge < -0.3 is 14.8 Å². The average molecular weight is 342 g/mol. The number of nitrogens with zero attached hydrogens (tertiary/aromatic N) is 1. The van der Waals surface area contributed by atoms with Crippen LogP contribution in [-0.2, 0) is 11.3 Å². The smallest absolute Gasteiger partial charge is 0.262 e. The third-order valence-corrected chi connectivity index (χ3v) is 4.04. The molecule has 0 radical (unpaired) electrons. The summed E-state index contributed by atoms with van der Waals surface area (Å²) in [7, 11) is 1.56. The van der Waals surface area contributed by atoms with Gasteiger partial charge in [0.25, 0.3) is 5.91 Å². The van der Waals surface area contributed by atoms with Crippen LogP contribution in [-0.4, -0.2) is 19.6 Å². The van der Waals surface area contributed by atoms with Gasteiger partial charge in [-0.05, 0) is 42.1 Å². The van der Waals surface area contributed by atoms with Crippen molar-refractivity contribution in [3.63, 3.8) is 0 Å². The Morgan fingerprint density at radius 3 is 2.83 bits per heavy atom. The van der Waals surface area contributed by atoms with Crippen LogP contribution in [0, 0.1) is 11.3 Å². The summed E-state index contributed by atoms with van der Waals surface area (Å²) in [6.45, 7) is 2.78. The first-order chi connectivity index (χ1) is 11.7. The van der Waals surface area contributed by atoms with E-state index in [4.69, 9.17) is 9.47 Å². The SMILES string of the molecule is CCOc1cc(/C=C(\C#N)C(=O)NCc2cccs2)ccc1OC. The van der Waals surface area contributed by atoms with Gasteiger partial charge in [0.2, 0.25) is 0 Å². The first kappa shape index (κ1) is 17.6. The van der Waals surface area contributed by atoms with Gasteiger partial charge in [0.15, 0.2) is 11.5 Å². The van der Waals surface area contributed by atoms with Crippen molar-refractivity contribution in [2.75, 3.05) is 13.7 Å². The van der Waals surface area contributed by atoms with E-state index in [1.54, 1.807) is 36.6 Å². The highest BCUT2D eigenvalue weighted by atomic mass is 32.1. The normalized spacial score (nSPS) is 10.8. The molecule has 1 amide bonds. The van der Waals surface area contributed by atoms with E-state index >= 15 is 0 Å². The number of carbonyl (C=O) groups is 1. The van der Waals surface area contributed by atoms with Crippen LogP contribution in [0.15, 0.2) is 41.3 Å². The van der Waals surface area contributed by atoms with Crippen LogP contribution in [0.4, 0.5) is 0 Å². The molecule has 0 aliphatic rings. The minimum atomic E-state index is -0.403. The summed E-state index contributed by atoms with van der Waals surface area (Å²) in [5, 5.41) is 13.9. The van der Waals surface area contributed by atoms with Crippen LogP contribution >= 0.6 is 11.3 Å². The molecule has 0 unspecified atom stereocenters. The molecule has 1 heterocycles. The minimum Gasteiger partial charge on any atom is -0.493 e. The van der Waals surface area contributed by atoms with Crippen molar-refractivity contribution in [2.45, 2.75) is 13.5 Å². The molecule has 0 aliphatic heterocycles. The van der Waals surface area contributed by atoms with Crippen LogP contribution in [0.25, 0.3) is 6.08 Å². The number of hydrogen-bond acceptors (Lipinski definition) is 5. The van der Waals surface area contributed by atoms with Crippen molar-refractivity contribution >= 4 is 23.3 Å². The lowest BCUT2D eigenvalue weighted by molar-refractivity contribution is -0.117. The Kier molecular flexibility index (Phi) is 6.41. The lowest BCUT2D eigenvalue weighted by Gasteiger charge is -2.10.